The summed E-state index contributed by atoms with van der Waals surface area (Å²) in [5, 5.41) is 7.72. The first-order valence-electron chi connectivity index (χ1n) is 5.39. The van der Waals surface area contributed by atoms with E-state index < -0.39 is 0 Å². The molecule has 0 bridgehead atoms. The monoisotopic (exact) mass is 167 g/mol. The fraction of sp³-hybridized carbons (Fsp3) is 0.909. The maximum absolute atomic E-state index is 7.72. The lowest BCUT2D eigenvalue weighted by atomic mass is 9.85. The van der Waals surface area contributed by atoms with Crippen LogP contribution in [-0.2, 0) is 0 Å². The molecule has 1 aliphatic carbocycles. The SMILES string of the molecule is CCCC(=N)CC1CCCCC1. The van der Waals surface area contributed by atoms with Gasteiger partial charge in [0.05, 0.1) is 0 Å². The summed E-state index contributed by atoms with van der Waals surface area (Å²) in [5.41, 5.74) is 0.990. The summed E-state index contributed by atoms with van der Waals surface area (Å²) in [6.45, 7) is 2.16. The van der Waals surface area contributed by atoms with Crippen LogP contribution in [0.4, 0.5) is 0 Å². The normalized spacial score (nSPS) is 19.4. The first-order chi connectivity index (χ1) is 5.83. The Morgan fingerprint density at radius 1 is 1.25 bits per heavy atom. The van der Waals surface area contributed by atoms with Crippen molar-refractivity contribution in [3.05, 3.63) is 0 Å². The second-order valence-corrected chi connectivity index (χ2v) is 4.06. The Bertz CT molecular complexity index is 134. The number of nitrogens with one attached hydrogen (secondary N) is 1. The molecule has 0 atom stereocenters. The number of hydrogen-bond acceptors (Lipinski definition) is 1. The van der Waals surface area contributed by atoms with Crippen molar-refractivity contribution in [2.24, 2.45) is 5.92 Å². The van der Waals surface area contributed by atoms with Gasteiger partial charge in [0.2, 0.25) is 0 Å². The van der Waals surface area contributed by atoms with Crippen molar-refractivity contribution >= 4 is 5.71 Å². The molecule has 0 spiro atoms. The largest absolute Gasteiger partial charge is 0.310 e. The van der Waals surface area contributed by atoms with Gasteiger partial charge in [-0.1, -0.05) is 45.4 Å². The topological polar surface area (TPSA) is 23.9 Å². The third-order valence-corrected chi connectivity index (χ3v) is 2.81. The van der Waals surface area contributed by atoms with Crippen LogP contribution in [0.3, 0.4) is 0 Å². The molecule has 0 aliphatic heterocycles. The highest BCUT2D eigenvalue weighted by Gasteiger charge is 2.14. The fourth-order valence-electron chi connectivity index (χ4n) is 2.14. The summed E-state index contributed by atoms with van der Waals surface area (Å²) in [6.07, 6.45) is 10.3. The average Bonchev–Trinajstić information content (AvgIpc) is 2.06. The van der Waals surface area contributed by atoms with Crippen LogP contribution in [0.5, 0.6) is 0 Å². The molecule has 0 amide bonds. The first kappa shape index (κ1) is 9.76. The molecular formula is C11H21N. The molecule has 0 radical (unpaired) electrons. The summed E-state index contributed by atoms with van der Waals surface area (Å²) in [5.74, 6) is 0.859. The predicted octanol–water partition coefficient (Wildman–Crippen LogP) is 3.78. The van der Waals surface area contributed by atoms with E-state index in [0.29, 0.717) is 0 Å². The lowest BCUT2D eigenvalue weighted by Gasteiger charge is -2.21. The predicted molar refractivity (Wildman–Crippen MR) is 53.8 cm³/mol. The number of rotatable bonds is 4. The van der Waals surface area contributed by atoms with Crippen LogP contribution in [0.15, 0.2) is 0 Å². The van der Waals surface area contributed by atoms with E-state index >= 15 is 0 Å². The van der Waals surface area contributed by atoms with Gasteiger partial charge in [-0.3, -0.25) is 0 Å². The highest BCUT2D eigenvalue weighted by molar-refractivity contribution is 5.81. The Balaban J connectivity index is 2.15. The average molecular weight is 167 g/mol. The molecule has 0 aromatic carbocycles. The molecule has 0 aromatic rings. The highest BCUT2D eigenvalue weighted by atomic mass is 14.4. The Kier molecular flexibility index (Phi) is 4.34. The fourth-order valence-corrected chi connectivity index (χ4v) is 2.14. The molecule has 0 saturated heterocycles. The van der Waals surface area contributed by atoms with E-state index in [1.165, 1.54) is 32.1 Å². The molecule has 0 unspecified atom stereocenters. The smallest absolute Gasteiger partial charge is 0.00918 e. The van der Waals surface area contributed by atoms with Crippen molar-refractivity contribution in [1.82, 2.24) is 0 Å². The van der Waals surface area contributed by atoms with Crippen LogP contribution in [0.25, 0.3) is 0 Å². The van der Waals surface area contributed by atoms with Gasteiger partial charge in [0.1, 0.15) is 0 Å². The molecule has 70 valence electrons. The van der Waals surface area contributed by atoms with Crippen LogP contribution < -0.4 is 0 Å². The molecular weight excluding hydrogens is 146 g/mol. The molecule has 1 aliphatic rings. The molecule has 0 heterocycles. The number of hydrogen-bond donors (Lipinski definition) is 1. The van der Waals surface area contributed by atoms with Crippen molar-refractivity contribution in [3.8, 4) is 0 Å². The molecule has 1 heteroatoms. The van der Waals surface area contributed by atoms with E-state index in [-0.39, 0.29) is 0 Å². The van der Waals surface area contributed by atoms with Crippen LogP contribution in [0, 0.1) is 11.3 Å². The summed E-state index contributed by atoms with van der Waals surface area (Å²) in [7, 11) is 0. The van der Waals surface area contributed by atoms with Gasteiger partial charge in [-0.15, -0.1) is 0 Å². The third-order valence-electron chi connectivity index (χ3n) is 2.81. The Morgan fingerprint density at radius 2 is 1.92 bits per heavy atom. The molecule has 1 fully saturated rings. The lowest BCUT2D eigenvalue weighted by molar-refractivity contribution is 0.366. The third kappa shape index (κ3) is 3.38. The highest BCUT2D eigenvalue weighted by Crippen LogP contribution is 2.26. The van der Waals surface area contributed by atoms with E-state index in [4.69, 9.17) is 5.41 Å². The van der Waals surface area contributed by atoms with Crippen LogP contribution in [0.1, 0.15) is 58.3 Å². The molecule has 1 nitrogen and oxygen atoms in total. The van der Waals surface area contributed by atoms with Crippen LogP contribution in [-0.4, -0.2) is 5.71 Å². The standard InChI is InChI=1S/C11H21N/c1-2-6-11(12)9-10-7-4-3-5-8-10/h10,12H,2-9H2,1H3. The van der Waals surface area contributed by atoms with Crippen molar-refractivity contribution in [2.45, 2.75) is 58.3 Å². The maximum atomic E-state index is 7.72. The second-order valence-electron chi connectivity index (χ2n) is 4.06. The van der Waals surface area contributed by atoms with Gasteiger partial charge in [0.25, 0.3) is 0 Å². The Morgan fingerprint density at radius 3 is 2.50 bits per heavy atom. The minimum absolute atomic E-state index is 0.859. The molecule has 0 aromatic heterocycles. The van der Waals surface area contributed by atoms with Gasteiger partial charge in [-0.05, 0) is 18.8 Å². The zero-order chi connectivity index (χ0) is 8.81. The van der Waals surface area contributed by atoms with Crippen molar-refractivity contribution in [3.63, 3.8) is 0 Å². The quantitative estimate of drug-likeness (QED) is 0.616. The lowest BCUT2D eigenvalue weighted by Crippen LogP contribution is -2.11. The van der Waals surface area contributed by atoms with Gasteiger partial charge in [0.15, 0.2) is 0 Å². The van der Waals surface area contributed by atoms with Crippen molar-refractivity contribution < 1.29 is 0 Å². The first-order valence-corrected chi connectivity index (χ1v) is 5.39. The zero-order valence-corrected chi connectivity index (χ0v) is 8.23. The molecule has 12 heavy (non-hydrogen) atoms. The van der Waals surface area contributed by atoms with Gasteiger partial charge < -0.3 is 5.41 Å². The van der Waals surface area contributed by atoms with E-state index in [2.05, 4.69) is 6.92 Å². The summed E-state index contributed by atoms with van der Waals surface area (Å²) >= 11 is 0. The van der Waals surface area contributed by atoms with Gasteiger partial charge >= 0.3 is 0 Å². The zero-order valence-electron chi connectivity index (χ0n) is 8.23. The van der Waals surface area contributed by atoms with Crippen LogP contribution in [0.2, 0.25) is 0 Å². The maximum Gasteiger partial charge on any atom is 0.00918 e. The molecule has 1 saturated carbocycles. The summed E-state index contributed by atoms with van der Waals surface area (Å²) < 4.78 is 0. The van der Waals surface area contributed by atoms with Gasteiger partial charge in [0, 0.05) is 5.71 Å². The van der Waals surface area contributed by atoms with Crippen LogP contribution >= 0.6 is 0 Å². The Hall–Kier alpha value is -0.330. The summed E-state index contributed by atoms with van der Waals surface area (Å²) in [4.78, 5) is 0. The van der Waals surface area contributed by atoms with E-state index in [9.17, 15) is 0 Å². The minimum atomic E-state index is 0.859. The van der Waals surface area contributed by atoms with Crippen molar-refractivity contribution in [1.29, 1.82) is 5.41 Å². The van der Waals surface area contributed by atoms with E-state index in [1.54, 1.807) is 0 Å². The van der Waals surface area contributed by atoms with E-state index in [1.807, 2.05) is 0 Å². The van der Waals surface area contributed by atoms with Gasteiger partial charge in [-0.25, -0.2) is 0 Å². The van der Waals surface area contributed by atoms with Crippen molar-refractivity contribution in [2.75, 3.05) is 0 Å². The molecule has 1 N–H and O–H groups in total. The summed E-state index contributed by atoms with van der Waals surface area (Å²) in [6, 6.07) is 0. The van der Waals surface area contributed by atoms with E-state index in [0.717, 1.165) is 30.9 Å². The Labute approximate surface area is 76.1 Å². The minimum Gasteiger partial charge on any atom is -0.310 e. The molecule has 1 rings (SSSR count). The van der Waals surface area contributed by atoms with Gasteiger partial charge in [-0.2, -0.15) is 0 Å². The second kappa shape index (κ2) is 5.34.